The van der Waals surface area contributed by atoms with Crippen LogP contribution in [0.25, 0.3) is 10.8 Å². The van der Waals surface area contributed by atoms with Gasteiger partial charge in [-0.25, -0.2) is 87.8 Å². The summed E-state index contributed by atoms with van der Waals surface area (Å²) in [4.78, 5) is 12.4. The van der Waals surface area contributed by atoms with Crippen molar-refractivity contribution in [3.8, 4) is 0 Å². The van der Waals surface area contributed by atoms with E-state index in [-0.39, 0.29) is 5.78 Å². The number of rotatable bonds is 8. The van der Waals surface area contributed by atoms with Gasteiger partial charge in [0.05, 0.1) is 0 Å². The van der Waals surface area contributed by atoms with E-state index in [0.717, 1.165) is 12.0 Å². The molecule has 66 heavy (non-hydrogen) atoms. The van der Waals surface area contributed by atoms with Crippen LogP contribution < -0.4 is 26.4 Å². The molecule has 7 rings (SSSR count). The highest BCUT2D eigenvalue weighted by Crippen LogP contribution is 2.31. The third-order valence-corrected chi connectivity index (χ3v) is 10.5. The van der Waals surface area contributed by atoms with Crippen molar-refractivity contribution >= 4 is 44.6 Å². The zero-order valence-corrected chi connectivity index (χ0v) is 32.3. The van der Waals surface area contributed by atoms with Crippen molar-refractivity contribution < 1.29 is 97.2 Å². The summed E-state index contributed by atoms with van der Waals surface area (Å²) in [6.45, 7) is 2.52. The first-order valence-electron chi connectivity index (χ1n) is 18.2. The van der Waals surface area contributed by atoms with Crippen LogP contribution in [0.4, 0.5) is 87.8 Å². The molecule has 0 saturated heterocycles. The Bertz CT molecular complexity index is 2750. The fraction of sp³-hybridized carbons (Fsp3) is 0.0698. The maximum Gasteiger partial charge on any atom is 0.227 e. The first kappa shape index (κ1) is 48.5. The highest BCUT2D eigenvalue weighted by Gasteiger charge is 2.52. The smallest absolute Gasteiger partial charge is 0.227 e. The fourth-order valence-corrected chi connectivity index (χ4v) is 7.61. The van der Waals surface area contributed by atoms with E-state index < -0.39 is 144 Å². The van der Waals surface area contributed by atoms with Crippen LogP contribution in [-0.2, 0) is 13.0 Å². The average Bonchev–Trinajstić information content (AvgIpc) is 3.31. The quantitative estimate of drug-likeness (QED) is 0.0372. The number of pyridine rings is 1. The topological polar surface area (TPSA) is 20.9 Å². The highest BCUT2D eigenvalue weighted by molar-refractivity contribution is 7.20. The zero-order valence-electron chi connectivity index (χ0n) is 32.3. The maximum absolute atomic E-state index is 15.4. The molecule has 0 spiro atoms. The third-order valence-electron chi connectivity index (χ3n) is 10.5. The third kappa shape index (κ3) is 7.46. The fourth-order valence-electron chi connectivity index (χ4n) is 7.61. The Morgan fingerprint density at radius 2 is 0.682 bits per heavy atom. The van der Waals surface area contributed by atoms with Crippen molar-refractivity contribution in [3.05, 3.63) is 194 Å². The molecule has 0 saturated carbocycles. The number of aromatic nitrogens is 1. The van der Waals surface area contributed by atoms with Gasteiger partial charge in [0.2, 0.25) is 12.3 Å². The molecule has 1 aromatic heterocycles. The molecule has 23 heteroatoms. The minimum absolute atomic E-state index is 0.144. The van der Waals surface area contributed by atoms with E-state index in [9.17, 15) is 57.5 Å². The second-order valence-electron chi connectivity index (χ2n) is 13.9. The summed E-state index contributed by atoms with van der Waals surface area (Å²) >= 11 is 0. The number of hydrogen-bond donors (Lipinski definition) is 0. The van der Waals surface area contributed by atoms with Gasteiger partial charge >= 0.3 is 0 Å². The van der Waals surface area contributed by atoms with Gasteiger partial charge in [-0.2, -0.15) is 4.57 Å². The largest absolute Gasteiger partial charge is 0.287 e. The van der Waals surface area contributed by atoms with Crippen LogP contribution in [0.5, 0.6) is 0 Å². The van der Waals surface area contributed by atoms with Gasteiger partial charge in [0.25, 0.3) is 0 Å². The second-order valence-corrected chi connectivity index (χ2v) is 13.9. The Morgan fingerprint density at radius 3 is 1.00 bits per heavy atom. The van der Waals surface area contributed by atoms with Crippen molar-refractivity contribution in [2.45, 2.75) is 19.9 Å². The number of fused-ring (bicyclic) bond motifs is 1. The van der Waals surface area contributed by atoms with Gasteiger partial charge in [0, 0.05) is 23.4 Å². The molecule has 0 N–H and O–H groups in total. The molecule has 1 heterocycles. The van der Waals surface area contributed by atoms with Gasteiger partial charge < -0.3 is 0 Å². The van der Waals surface area contributed by atoms with Crippen LogP contribution in [0.2, 0.25) is 0 Å². The highest BCUT2D eigenvalue weighted by atomic mass is 19.2. The number of nitrogens with zero attached hydrogens (tertiary/aromatic N) is 1. The number of hydrogen-bond acceptors (Lipinski definition) is 1. The first-order valence-corrected chi connectivity index (χ1v) is 18.2. The summed E-state index contributed by atoms with van der Waals surface area (Å²) < 4.78 is 296. The van der Waals surface area contributed by atoms with E-state index in [1.807, 2.05) is 48.7 Å². The standard InChI is InChI=1S/C24BF20.C19H18NO/c26-5-1(6(27)14(35)21(42)13(5)34)25(2-7(28)15(36)22(43)16(37)8(2)29,3-9(30)17(38)23(44)18(39)10(3)31)4-11(32)19(40)24(45)20(41)12(4)33;1-2-18-17-11-7-6-8-15(17)12-13-20(18)14-19(21)16-9-4-3-5-10-16/h;3-13H,2,14H2,1H3/q-1;+1. The first-order chi connectivity index (χ1) is 31.0. The molecule has 0 aliphatic rings. The van der Waals surface area contributed by atoms with Gasteiger partial charge in [0.15, 0.2) is 81.7 Å². The van der Waals surface area contributed by atoms with Crippen molar-refractivity contribution in [2.24, 2.45) is 0 Å². The van der Waals surface area contributed by atoms with Crippen LogP contribution in [0, 0.1) is 116 Å². The molecule has 0 bridgehead atoms. The maximum atomic E-state index is 15.4. The van der Waals surface area contributed by atoms with Crippen LogP contribution >= 0.6 is 0 Å². The zero-order chi connectivity index (χ0) is 49.0. The number of benzene rings is 6. The summed E-state index contributed by atoms with van der Waals surface area (Å²) in [6, 6.07) is 19.9. The molecule has 344 valence electrons. The lowest BCUT2D eigenvalue weighted by Gasteiger charge is -2.44. The van der Waals surface area contributed by atoms with Gasteiger partial charge in [0.1, 0.15) is 52.7 Å². The van der Waals surface area contributed by atoms with E-state index in [2.05, 4.69) is 29.7 Å². The average molecular weight is 955 g/mol. The molecule has 0 radical (unpaired) electrons. The van der Waals surface area contributed by atoms with Crippen LogP contribution in [0.15, 0.2) is 66.9 Å². The Labute approximate surface area is 355 Å². The molecule has 7 aromatic rings. The number of aryl methyl sites for hydroxylation is 1. The summed E-state index contributed by atoms with van der Waals surface area (Å²) in [6.07, 6.45) is -4.29. The molecule has 2 nitrogen and oxygen atoms in total. The lowest BCUT2D eigenvalue weighted by atomic mass is 9.12. The molecular weight excluding hydrogens is 937 g/mol. The Balaban J connectivity index is 0.000000284. The van der Waals surface area contributed by atoms with E-state index in [1.165, 1.54) is 16.5 Å². The molecule has 0 amide bonds. The predicted molar refractivity (Wildman–Crippen MR) is 194 cm³/mol. The lowest BCUT2D eigenvalue weighted by Crippen LogP contribution is -2.81. The van der Waals surface area contributed by atoms with Crippen molar-refractivity contribution in [1.82, 2.24) is 0 Å². The number of ketones is 1. The number of carbonyl (C=O) groups is 1. The van der Waals surface area contributed by atoms with Gasteiger partial charge in [-0.05, 0) is 11.5 Å². The lowest BCUT2D eigenvalue weighted by molar-refractivity contribution is -0.689. The van der Waals surface area contributed by atoms with E-state index in [4.69, 9.17) is 0 Å². The molecule has 6 aromatic carbocycles. The Kier molecular flexibility index (Phi) is 13.3. The Hall–Kier alpha value is -6.94. The van der Waals surface area contributed by atoms with E-state index in [1.54, 1.807) is 0 Å². The molecule has 0 atom stereocenters. The second kappa shape index (κ2) is 18.2. The monoisotopic (exact) mass is 955 g/mol. The minimum Gasteiger partial charge on any atom is -0.287 e. The molecule has 0 aliphatic heterocycles. The van der Waals surface area contributed by atoms with Crippen molar-refractivity contribution in [2.75, 3.05) is 0 Å². The van der Waals surface area contributed by atoms with Crippen LogP contribution in [0.1, 0.15) is 23.0 Å². The van der Waals surface area contributed by atoms with E-state index in [0.29, 0.717) is 6.54 Å². The summed E-state index contributed by atoms with van der Waals surface area (Å²) in [5, 5.41) is 2.45. The molecule has 0 fully saturated rings. The number of Topliss-reactive ketones (excluding diaryl/α,β-unsaturated/α-hetero) is 1. The SMILES string of the molecule is CCc1c2ccccc2cc[n+]1CC(=O)c1ccccc1.Fc1c(F)c(F)c([B-](c2c(F)c(F)c(F)c(F)c2F)(c2c(F)c(F)c(F)c(F)c2F)c2c(F)c(F)c(F)c(F)c2F)c(F)c1F. The van der Waals surface area contributed by atoms with Crippen LogP contribution in [0.3, 0.4) is 0 Å². The van der Waals surface area contributed by atoms with Gasteiger partial charge in [-0.3, -0.25) is 4.79 Å². The molecule has 0 aliphatic carbocycles. The number of halogens is 20. The predicted octanol–water partition coefficient (Wildman–Crippen LogP) is 9.42. The summed E-state index contributed by atoms with van der Waals surface area (Å²) in [7, 11) is 0. The van der Waals surface area contributed by atoms with Gasteiger partial charge in [-0.1, -0.05) is 55.5 Å². The van der Waals surface area contributed by atoms with Crippen molar-refractivity contribution in [1.29, 1.82) is 0 Å². The van der Waals surface area contributed by atoms with Crippen molar-refractivity contribution in [3.63, 3.8) is 0 Å². The summed E-state index contributed by atoms with van der Waals surface area (Å²) in [5.74, 6) is -71.3. The van der Waals surface area contributed by atoms with Crippen LogP contribution in [-0.4, -0.2) is 11.9 Å². The normalized spacial score (nSPS) is 11.6. The Morgan fingerprint density at radius 1 is 0.394 bits per heavy atom. The summed E-state index contributed by atoms with van der Waals surface area (Å²) in [5.41, 5.74) is -12.4. The molecular formula is C43H18BF20NO. The van der Waals surface area contributed by atoms with Gasteiger partial charge in [-0.15, -0.1) is 21.9 Å². The number of carbonyl (C=O) groups excluding carboxylic acids is 1. The minimum atomic E-state index is -7.22. The molecule has 0 unspecified atom stereocenters. The van der Waals surface area contributed by atoms with E-state index >= 15 is 35.1 Å².